The summed E-state index contributed by atoms with van der Waals surface area (Å²) >= 11 is 0. The lowest BCUT2D eigenvalue weighted by Gasteiger charge is -2.08. The molecule has 0 heterocycles. The molecule has 0 rings (SSSR count). The predicted molar refractivity (Wildman–Crippen MR) is 40.5 cm³/mol. The van der Waals surface area contributed by atoms with E-state index in [0.29, 0.717) is 6.42 Å². The van der Waals surface area contributed by atoms with Crippen molar-refractivity contribution >= 4 is 6.21 Å². The van der Waals surface area contributed by atoms with Gasteiger partial charge in [-0.2, -0.15) is 0 Å². The van der Waals surface area contributed by atoms with Crippen molar-refractivity contribution < 1.29 is 9.94 Å². The van der Waals surface area contributed by atoms with Crippen LogP contribution in [0.1, 0.15) is 12.8 Å². The Balaban J connectivity index is 3.48. The number of methoxy groups -OCH3 is 1. The van der Waals surface area contributed by atoms with Crippen LogP contribution in [0.3, 0.4) is 0 Å². The normalized spacial score (nSPS) is 13.7. The number of hydrogen-bond donors (Lipinski definition) is 1. The van der Waals surface area contributed by atoms with Crippen LogP contribution in [0.4, 0.5) is 0 Å². The van der Waals surface area contributed by atoms with Crippen molar-refractivity contribution in [3.05, 3.63) is 12.7 Å². The number of nitrogens with zero attached hydrogens (tertiary/aromatic N) is 1. The molecule has 0 fully saturated rings. The topological polar surface area (TPSA) is 41.8 Å². The van der Waals surface area contributed by atoms with Crippen LogP contribution in [-0.4, -0.2) is 24.6 Å². The third-order valence-corrected chi connectivity index (χ3v) is 1.21. The summed E-state index contributed by atoms with van der Waals surface area (Å²) in [5.74, 6) is 0. The molecule has 0 aromatic carbocycles. The van der Waals surface area contributed by atoms with Gasteiger partial charge in [0.15, 0.2) is 0 Å². The smallest absolute Gasteiger partial charge is 0.0656 e. The molecule has 0 radical (unpaired) electrons. The fraction of sp³-hybridized carbons (Fsp3) is 0.571. The first-order valence-electron chi connectivity index (χ1n) is 3.14. The Morgan fingerprint density at radius 1 is 1.70 bits per heavy atom. The van der Waals surface area contributed by atoms with Crippen LogP contribution in [0, 0.1) is 0 Å². The lowest BCUT2D eigenvalue weighted by molar-refractivity contribution is 0.111. The Morgan fingerprint density at radius 2 is 2.40 bits per heavy atom. The van der Waals surface area contributed by atoms with Gasteiger partial charge in [0.05, 0.1) is 6.10 Å². The molecule has 1 N–H and O–H groups in total. The Morgan fingerprint density at radius 3 is 2.80 bits per heavy atom. The largest absolute Gasteiger partial charge is 0.411 e. The molecule has 3 heteroatoms. The van der Waals surface area contributed by atoms with Gasteiger partial charge in [0.25, 0.3) is 0 Å². The minimum absolute atomic E-state index is 0.0911. The van der Waals surface area contributed by atoms with Gasteiger partial charge in [-0.05, 0) is 6.42 Å². The number of ether oxygens (including phenoxy) is 1. The van der Waals surface area contributed by atoms with E-state index in [0.717, 1.165) is 6.42 Å². The molecule has 0 aliphatic rings. The maximum atomic E-state index is 8.07. The van der Waals surface area contributed by atoms with Gasteiger partial charge in [-0.15, -0.1) is 11.7 Å². The van der Waals surface area contributed by atoms with E-state index in [1.54, 1.807) is 13.2 Å². The van der Waals surface area contributed by atoms with Gasteiger partial charge in [-0.25, -0.2) is 0 Å². The van der Waals surface area contributed by atoms with E-state index in [2.05, 4.69) is 11.7 Å². The predicted octanol–water partition coefficient (Wildman–Crippen LogP) is 1.43. The fourth-order valence-corrected chi connectivity index (χ4v) is 0.639. The van der Waals surface area contributed by atoms with Crippen LogP contribution in [0.2, 0.25) is 0 Å². The summed E-state index contributed by atoms with van der Waals surface area (Å²) in [6, 6.07) is 0. The summed E-state index contributed by atoms with van der Waals surface area (Å²) in [4.78, 5) is 0. The molecule has 3 nitrogen and oxygen atoms in total. The van der Waals surface area contributed by atoms with Crippen molar-refractivity contribution in [1.82, 2.24) is 0 Å². The molecular formula is C7H13NO2. The maximum Gasteiger partial charge on any atom is 0.0656 e. The van der Waals surface area contributed by atoms with Crippen molar-refractivity contribution in [3.8, 4) is 0 Å². The van der Waals surface area contributed by atoms with Crippen molar-refractivity contribution in [1.29, 1.82) is 0 Å². The molecule has 0 aliphatic carbocycles. The van der Waals surface area contributed by atoms with Gasteiger partial charge in [-0.1, -0.05) is 6.08 Å². The van der Waals surface area contributed by atoms with E-state index in [9.17, 15) is 0 Å². The molecule has 0 saturated heterocycles. The molecular weight excluding hydrogens is 130 g/mol. The van der Waals surface area contributed by atoms with E-state index in [4.69, 9.17) is 9.94 Å². The summed E-state index contributed by atoms with van der Waals surface area (Å²) in [6.45, 7) is 3.57. The van der Waals surface area contributed by atoms with Gasteiger partial charge in [0.1, 0.15) is 0 Å². The summed E-state index contributed by atoms with van der Waals surface area (Å²) in [6.07, 6.45) is 4.69. The molecule has 0 aliphatic heterocycles. The minimum Gasteiger partial charge on any atom is -0.411 e. The van der Waals surface area contributed by atoms with Gasteiger partial charge in [-0.3, -0.25) is 0 Å². The zero-order valence-corrected chi connectivity index (χ0v) is 6.16. The van der Waals surface area contributed by atoms with Gasteiger partial charge >= 0.3 is 0 Å². The number of hydrogen-bond acceptors (Lipinski definition) is 3. The van der Waals surface area contributed by atoms with Crippen molar-refractivity contribution in [3.63, 3.8) is 0 Å². The highest BCUT2D eigenvalue weighted by atomic mass is 16.5. The highest BCUT2D eigenvalue weighted by Gasteiger charge is 2.01. The second kappa shape index (κ2) is 6.29. The molecule has 0 saturated carbocycles. The van der Waals surface area contributed by atoms with E-state index in [1.807, 2.05) is 0 Å². The first-order valence-corrected chi connectivity index (χ1v) is 3.14. The van der Waals surface area contributed by atoms with Crippen LogP contribution in [0.15, 0.2) is 17.8 Å². The molecule has 0 aromatic heterocycles. The summed E-state index contributed by atoms with van der Waals surface area (Å²) in [5.41, 5.74) is 0. The van der Waals surface area contributed by atoms with Gasteiger partial charge in [0.2, 0.25) is 0 Å². The standard InChI is InChI=1S/C7H13NO2/c1-3-4-7(10-2)5-6-8-9/h3,6-7,9H,1,4-5H2,2H3/b8-6+. The molecule has 0 bridgehead atoms. The van der Waals surface area contributed by atoms with Crippen molar-refractivity contribution in [2.75, 3.05) is 7.11 Å². The lowest BCUT2D eigenvalue weighted by atomic mass is 10.2. The molecule has 0 aromatic rings. The van der Waals surface area contributed by atoms with Crippen molar-refractivity contribution in [2.45, 2.75) is 18.9 Å². The highest BCUT2D eigenvalue weighted by molar-refractivity contribution is 5.56. The van der Waals surface area contributed by atoms with E-state index in [-0.39, 0.29) is 6.10 Å². The first-order chi connectivity index (χ1) is 4.85. The Labute approximate surface area is 61.0 Å². The third kappa shape index (κ3) is 4.09. The number of oxime groups is 1. The molecule has 0 amide bonds. The minimum atomic E-state index is 0.0911. The zero-order chi connectivity index (χ0) is 7.82. The van der Waals surface area contributed by atoms with E-state index >= 15 is 0 Å². The Bertz CT molecular complexity index is 112. The van der Waals surface area contributed by atoms with Crippen LogP contribution in [0.25, 0.3) is 0 Å². The van der Waals surface area contributed by atoms with Crippen LogP contribution in [-0.2, 0) is 4.74 Å². The van der Waals surface area contributed by atoms with Crippen LogP contribution >= 0.6 is 0 Å². The van der Waals surface area contributed by atoms with Crippen LogP contribution < -0.4 is 0 Å². The summed E-state index contributed by atoms with van der Waals surface area (Å²) < 4.78 is 5.02. The highest BCUT2D eigenvalue weighted by Crippen LogP contribution is 2.00. The molecule has 1 atom stereocenters. The summed E-state index contributed by atoms with van der Waals surface area (Å²) in [5, 5.41) is 10.9. The molecule has 10 heavy (non-hydrogen) atoms. The molecule has 58 valence electrons. The number of rotatable bonds is 5. The average Bonchev–Trinajstić information content (AvgIpc) is 1.98. The van der Waals surface area contributed by atoms with E-state index in [1.165, 1.54) is 6.21 Å². The monoisotopic (exact) mass is 143 g/mol. The quantitative estimate of drug-likeness (QED) is 0.274. The van der Waals surface area contributed by atoms with Crippen molar-refractivity contribution in [2.24, 2.45) is 5.16 Å². The lowest BCUT2D eigenvalue weighted by Crippen LogP contribution is -2.09. The van der Waals surface area contributed by atoms with Crippen LogP contribution in [0.5, 0.6) is 0 Å². The van der Waals surface area contributed by atoms with E-state index < -0.39 is 0 Å². The second-order valence-electron chi connectivity index (χ2n) is 1.92. The molecule has 0 spiro atoms. The Hall–Kier alpha value is -0.830. The third-order valence-electron chi connectivity index (χ3n) is 1.21. The first kappa shape index (κ1) is 9.17. The summed E-state index contributed by atoms with van der Waals surface area (Å²) in [7, 11) is 1.62. The Kier molecular flexibility index (Phi) is 5.77. The average molecular weight is 143 g/mol. The SMILES string of the molecule is C=CCC(C/C=N/O)OC. The second-order valence-corrected chi connectivity index (χ2v) is 1.92. The van der Waals surface area contributed by atoms with Gasteiger partial charge < -0.3 is 9.94 Å². The molecule has 1 unspecified atom stereocenters. The zero-order valence-electron chi connectivity index (χ0n) is 6.16. The maximum absolute atomic E-state index is 8.07. The fourth-order valence-electron chi connectivity index (χ4n) is 0.639. The van der Waals surface area contributed by atoms with Gasteiger partial charge in [0, 0.05) is 19.7 Å².